The lowest BCUT2D eigenvalue weighted by atomic mass is 9.83. The summed E-state index contributed by atoms with van der Waals surface area (Å²) >= 11 is 6.09. The van der Waals surface area contributed by atoms with Crippen LogP contribution < -0.4 is 0 Å². The third-order valence-corrected chi connectivity index (χ3v) is 4.03. The molecule has 0 saturated heterocycles. The number of H-pyrrole nitrogens is 1. The van der Waals surface area contributed by atoms with Gasteiger partial charge in [-0.25, -0.2) is 0 Å². The molecule has 21 heavy (non-hydrogen) atoms. The van der Waals surface area contributed by atoms with Gasteiger partial charge in [-0.05, 0) is 17.7 Å². The topological polar surface area (TPSA) is 32.9 Å². The Bertz CT molecular complexity index is 684. The third-order valence-electron chi connectivity index (χ3n) is 3.79. The van der Waals surface area contributed by atoms with Gasteiger partial charge in [0.1, 0.15) is 5.78 Å². The van der Waals surface area contributed by atoms with Crippen LogP contribution in [0.2, 0.25) is 5.02 Å². The van der Waals surface area contributed by atoms with E-state index in [1.807, 2.05) is 39.0 Å². The van der Waals surface area contributed by atoms with Crippen molar-refractivity contribution in [3.8, 4) is 0 Å². The van der Waals surface area contributed by atoms with Crippen LogP contribution in [0.3, 0.4) is 0 Å². The number of Topliss-reactive ketones (excluding diaryl/α,β-unsaturated/α-hetero) is 1. The van der Waals surface area contributed by atoms with Crippen LogP contribution in [0.4, 0.5) is 0 Å². The number of carbonyl (C=O) groups excluding carboxylic acids is 1. The number of fused-ring (bicyclic) bond motifs is 1. The molecule has 0 aliphatic carbocycles. The molecule has 2 rings (SSSR count). The number of carbonyl (C=O) groups is 1. The largest absolute Gasteiger partial charge is 0.358 e. The predicted molar refractivity (Wildman–Crippen MR) is 90.2 cm³/mol. The molecular formula is C18H24ClNO. The molecule has 114 valence electrons. The molecule has 0 unspecified atom stereocenters. The molecule has 1 aromatic carbocycles. The summed E-state index contributed by atoms with van der Waals surface area (Å²) in [6, 6.07) is 5.82. The second kappa shape index (κ2) is 5.17. The lowest BCUT2D eigenvalue weighted by Crippen LogP contribution is -2.24. The van der Waals surface area contributed by atoms with Crippen molar-refractivity contribution in [1.82, 2.24) is 4.98 Å². The zero-order valence-corrected chi connectivity index (χ0v) is 14.5. The Labute approximate surface area is 131 Å². The van der Waals surface area contributed by atoms with Gasteiger partial charge in [0.25, 0.3) is 0 Å². The van der Waals surface area contributed by atoms with Crippen molar-refractivity contribution in [2.45, 2.75) is 53.4 Å². The number of ketones is 1. The molecule has 0 fully saturated rings. The third kappa shape index (κ3) is 3.32. The van der Waals surface area contributed by atoms with Gasteiger partial charge in [0, 0.05) is 38.9 Å². The lowest BCUT2D eigenvalue weighted by molar-refractivity contribution is -0.125. The predicted octanol–water partition coefficient (Wildman–Crippen LogP) is 5.28. The number of halogens is 1. The Morgan fingerprint density at radius 2 is 1.76 bits per heavy atom. The Kier molecular flexibility index (Phi) is 3.96. The van der Waals surface area contributed by atoms with Crippen LogP contribution >= 0.6 is 11.6 Å². The van der Waals surface area contributed by atoms with E-state index in [1.54, 1.807) is 0 Å². The van der Waals surface area contributed by atoms with Gasteiger partial charge in [-0.3, -0.25) is 4.79 Å². The highest BCUT2D eigenvalue weighted by Gasteiger charge is 2.27. The second-order valence-corrected chi connectivity index (χ2v) is 8.20. The second-order valence-electron chi connectivity index (χ2n) is 7.77. The van der Waals surface area contributed by atoms with Crippen LogP contribution in [0.25, 0.3) is 10.9 Å². The smallest absolute Gasteiger partial charge is 0.142 e. The monoisotopic (exact) mass is 305 g/mol. The molecule has 0 atom stereocenters. The molecule has 0 bridgehead atoms. The van der Waals surface area contributed by atoms with Crippen molar-refractivity contribution < 1.29 is 4.79 Å². The molecule has 0 spiro atoms. The Balaban J connectivity index is 2.61. The summed E-state index contributed by atoms with van der Waals surface area (Å²) in [6.07, 6.45) is 0.456. The maximum absolute atomic E-state index is 12.5. The highest BCUT2D eigenvalue weighted by molar-refractivity contribution is 6.31. The van der Waals surface area contributed by atoms with Gasteiger partial charge in [0.2, 0.25) is 0 Å². The van der Waals surface area contributed by atoms with Crippen molar-refractivity contribution in [3.63, 3.8) is 0 Å². The van der Waals surface area contributed by atoms with Crippen LogP contribution in [0.1, 0.15) is 52.8 Å². The normalized spacial score (nSPS) is 12.9. The summed E-state index contributed by atoms with van der Waals surface area (Å²) in [5.74, 6) is 0.254. The van der Waals surface area contributed by atoms with Gasteiger partial charge in [-0.1, -0.05) is 59.2 Å². The van der Waals surface area contributed by atoms with E-state index >= 15 is 0 Å². The molecular weight excluding hydrogens is 282 g/mol. The first-order chi connectivity index (χ1) is 9.50. The summed E-state index contributed by atoms with van der Waals surface area (Å²) < 4.78 is 0. The van der Waals surface area contributed by atoms with Crippen molar-refractivity contribution in [1.29, 1.82) is 0 Å². The summed E-state index contributed by atoms with van der Waals surface area (Å²) in [6.45, 7) is 12.4. The minimum absolute atomic E-state index is 0.0427. The summed E-state index contributed by atoms with van der Waals surface area (Å²) in [4.78, 5) is 15.9. The number of hydrogen-bond donors (Lipinski definition) is 1. The Morgan fingerprint density at radius 3 is 2.29 bits per heavy atom. The van der Waals surface area contributed by atoms with E-state index in [0.717, 1.165) is 22.2 Å². The quantitative estimate of drug-likeness (QED) is 0.804. The minimum atomic E-state index is -0.328. The highest BCUT2D eigenvalue weighted by atomic mass is 35.5. The number of rotatable bonds is 2. The molecule has 1 heterocycles. The van der Waals surface area contributed by atoms with Crippen LogP contribution in [-0.2, 0) is 16.6 Å². The molecule has 0 radical (unpaired) electrons. The Morgan fingerprint density at radius 1 is 1.14 bits per heavy atom. The van der Waals surface area contributed by atoms with Gasteiger partial charge in [0.05, 0.1) is 0 Å². The van der Waals surface area contributed by atoms with Gasteiger partial charge >= 0.3 is 0 Å². The molecule has 3 heteroatoms. The van der Waals surface area contributed by atoms with E-state index in [-0.39, 0.29) is 16.6 Å². The fourth-order valence-electron chi connectivity index (χ4n) is 2.48. The average Bonchev–Trinajstić information content (AvgIpc) is 2.65. The number of hydrogen-bond acceptors (Lipinski definition) is 1. The zero-order valence-electron chi connectivity index (χ0n) is 13.7. The molecule has 0 amide bonds. The van der Waals surface area contributed by atoms with Crippen molar-refractivity contribution in [2.75, 3.05) is 0 Å². The van der Waals surface area contributed by atoms with E-state index in [4.69, 9.17) is 11.6 Å². The van der Waals surface area contributed by atoms with Crippen molar-refractivity contribution in [2.24, 2.45) is 5.41 Å². The SMILES string of the molecule is CC(C)(C)C(=O)Cc1c(C(C)(C)C)[nH]c2cc(Cl)ccc12. The highest BCUT2D eigenvalue weighted by Crippen LogP contribution is 2.34. The van der Waals surface area contributed by atoms with Crippen LogP contribution in [0, 0.1) is 5.41 Å². The molecule has 0 aliphatic rings. The van der Waals surface area contributed by atoms with E-state index in [9.17, 15) is 4.79 Å². The molecule has 2 nitrogen and oxygen atoms in total. The van der Waals surface area contributed by atoms with Gasteiger partial charge in [0.15, 0.2) is 0 Å². The van der Waals surface area contributed by atoms with Crippen LogP contribution in [0.5, 0.6) is 0 Å². The summed E-state index contributed by atoms with van der Waals surface area (Å²) in [5, 5.41) is 1.81. The maximum Gasteiger partial charge on any atom is 0.142 e. The minimum Gasteiger partial charge on any atom is -0.358 e. The average molecular weight is 306 g/mol. The molecule has 1 N–H and O–H groups in total. The first kappa shape index (κ1) is 16.1. The number of aromatic nitrogens is 1. The fraction of sp³-hybridized carbons (Fsp3) is 0.500. The molecule has 2 aromatic rings. The first-order valence-electron chi connectivity index (χ1n) is 7.34. The molecule has 1 aromatic heterocycles. The number of nitrogens with one attached hydrogen (secondary N) is 1. The van der Waals surface area contributed by atoms with Gasteiger partial charge in [-0.2, -0.15) is 0 Å². The van der Waals surface area contributed by atoms with Crippen molar-refractivity contribution in [3.05, 3.63) is 34.5 Å². The summed E-state index contributed by atoms with van der Waals surface area (Å²) in [7, 11) is 0. The maximum atomic E-state index is 12.5. The van der Waals surface area contributed by atoms with Crippen molar-refractivity contribution >= 4 is 28.3 Å². The lowest BCUT2D eigenvalue weighted by Gasteiger charge is -2.21. The van der Waals surface area contributed by atoms with E-state index in [2.05, 4.69) is 25.8 Å². The van der Waals surface area contributed by atoms with E-state index in [1.165, 1.54) is 0 Å². The first-order valence-corrected chi connectivity index (χ1v) is 7.72. The molecule has 0 aliphatic heterocycles. The molecule has 0 saturated carbocycles. The zero-order chi connectivity index (χ0) is 16.0. The number of benzene rings is 1. The fourth-order valence-corrected chi connectivity index (χ4v) is 2.65. The number of aromatic amines is 1. The van der Waals surface area contributed by atoms with Crippen LogP contribution in [0.15, 0.2) is 18.2 Å². The summed E-state index contributed by atoms with van der Waals surface area (Å²) in [5.41, 5.74) is 2.86. The Hall–Kier alpha value is -1.28. The van der Waals surface area contributed by atoms with Gasteiger partial charge in [-0.15, -0.1) is 0 Å². The van der Waals surface area contributed by atoms with Gasteiger partial charge < -0.3 is 4.98 Å². The standard InChI is InChI=1S/C18H24ClNO/c1-17(2,3)15(21)10-13-12-8-7-11(19)9-14(12)20-16(13)18(4,5)6/h7-9,20H,10H2,1-6H3. The van der Waals surface area contributed by atoms with Crippen LogP contribution in [-0.4, -0.2) is 10.8 Å². The van der Waals surface area contributed by atoms with E-state index in [0.29, 0.717) is 11.4 Å². The van der Waals surface area contributed by atoms with E-state index < -0.39 is 0 Å².